The Hall–Kier alpha value is -6.45. The molecule has 11 rings (SSSR count). The molecule has 0 spiro atoms. The van der Waals surface area contributed by atoms with Crippen molar-refractivity contribution in [2.75, 3.05) is 0 Å². The summed E-state index contributed by atoms with van der Waals surface area (Å²) in [6.45, 7) is 0. The van der Waals surface area contributed by atoms with Crippen molar-refractivity contribution in [1.82, 2.24) is 14.1 Å². The van der Waals surface area contributed by atoms with E-state index < -0.39 is 0 Å². The summed E-state index contributed by atoms with van der Waals surface area (Å²) < 4.78 is 4.80. The molecule has 0 aliphatic heterocycles. The fraction of sp³-hybridized carbons (Fsp3) is 0. The fourth-order valence-electron chi connectivity index (χ4n) is 8.28. The zero-order chi connectivity index (χ0) is 31.3. The first-order valence-electron chi connectivity index (χ1n) is 16.5. The van der Waals surface area contributed by atoms with Crippen LogP contribution >= 0.6 is 0 Å². The number of para-hydroxylation sites is 3. The van der Waals surface area contributed by atoms with E-state index >= 15 is 0 Å². The monoisotopic (exact) mass is 609 g/mol. The molecule has 1 aliphatic carbocycles. The van der Waals surface area contributed by atoms with Crippen molar-refractivity contribution in [1.29, 1.82) is 0 Å². The number of rotatable bonds is 3. The number of pyridine rings is 1. The molecule has 222 valence electrons. The van der Waals surface area contributed by atoms with Gasteiger partial charge in [-0.25, -0.2) is 0 Å². The van der Waals surface area contributed by atoms with Crippen LogP contribution in [0.1, 0.15) is 0 Å². The molecule has 0 saturated heterocycles. The summed E-state index contributed by atoms with van der Waals surface area (Å²) in [5.41, 5.74) is 14.6. The summed E-state index contributed by atoms with van der Waals surface area (Å²) >= 11 is 0. The third-order valence-electron chi connectivity index (χ3n) is 10.3. The summed E-state index contributed by atoms with van der Waals surface area (Å²) in [7, 11) is 0. The summed E-state index contributed by atoms with van der Waals surface area (Å²) in [6.07, 6.45) is 4.06. The molecule has 0 bridgehead atoms. The topological polar surface area (TPSA) is 22.8 Å². The van der Waals surface area contributed by atoms with Crippen molar-refractivity contribution in [3.05, 3.63) is 164 Å². The van der Waals surface area contributed by atoms with E-state index in [4.69, 9.17) is 4.98 Å². The Balaban J connectivity index is 1.13. The SMILES string of the molecule is c1ccc(-n2c3ccccc3c3cc(-c4ccc5c(c4)c4ccccc4n5-c4ccc5c6c(cncc46)-c4ccccc4-5)ccc32)cc1. The van der Waals surface area contributed by atoms with Crippen molar-refractivity contribution in [2.45, 2.75) is 0 Å². The summed E-state index contributed by atoms with van der Waals surface area (Å²) in [5, 5.41) is 7.47. The van der Waals surface area contributed by atoms with Gasteiger partial charge in [0.15, 0.2) is 0 Å². The van der Waals surface area contributed by atoms with Gasteiger partial charge in [-0.3, -0.25) is 4.98 Å². The van der Waals surface area contributed by atoms with Crippen LogP contribution in [0, 0.1) is 0 Å². The minimum atomic E-state index is 1.16. The molecule has 0 fully saturated rings. The summed E-state index contributed by atoms with van der Waals surface area (Å²) in [4.78, 5) is 4.75. The number of nitrogens with zero attached hydrogens (tertiary/aromatic N) is 3. The van der Waals surface area contributed by atoms with E-state index in [1.54, 1.807) is 0 Å². The molecule has 0 unspecified atom stereocenters. The number of hydrogen-bond donors (Lipinski definition) is 0. The second-order valence-electron chi connectivity index (χ2n) is 12.8. The fourth-order valence-corrected chi connectivity index (χ4v) is 8.28. The van der Waals surface area contributed by atoms with Gasteiger partial charge in [0.05, 0.1) is 27.8 Å². The molecule has 7 aromatic carbocycles. The molecular weight excluding hydrogens is 583 g/mol. The van der Waals surface area contributed by atoms with E-state index in [2.05, 4.69) is 161 Å². The molecular formula is C45H27N3. The summed E-state index contributed by atoms with van der Waals surface area (Å²) in [5.74, 6) is 0. The minimum Gasteiger partial charge on any atom is -0.309 e. The third-order valence-corrected chi connectivity index (χ3v) is 10.3. The van der Waals surface area contributed by atoms with E-state index in [-0.39, 0.29) is 0 Å². The Bertz CT molecular complexity index is 2910. The molecule has 0 N–H and O–H groups in total. The average Bonchev–Trinajstić information content (AvgIpc) is 3.78. The van der Waals surface area contributed by atoms with Gasteiger partial charge in [0.25, 0.3) is 0 Å². The van der Waals surface area contributed by atoms with Gasteiger partial charge >= 0.3 is 0 Å². The Morgan fingerprint density at radius 1 is 0.354 bits per heavy atom. The molecule has 48 heavy (non-hydrogen) atoms. The van der Waals surface area contributed by atoms with Crippen molar-refractivity contribution in [3.63, 3.8) is 0 Å². The Morgan fingerprint density at radius 2 is 0.917 bits per heavy atom. The molecule has 0 radical (unpaired) electrons. The lowest BCUT2D eigenvalue weighted by molar-refractivity contribution is 1.18. The van der Waals surface area contributed by atoms with Gasteiger partial charge in [0.2, 0.25) is 0 Å². The van der Waals surface area contributed by atoms with Crippen LogP contribution in [0.25, 0.3) is 99.1 Å². The molecule has 10 aromatic rings. The maximum Gasteiger partial charge on any atom is 0.0556 e. The van der Waals surface area contributed by atoms with Gasteiger partial charge in [0, 0.05) is 56.0 Å². The van der Waals surface area contributed by atoms with Crippen LogP contribution in [0.15, 0.2) is 164 Å². The zero-order valence-electron chi connectivity index (χ0n) is 25.9. The van der Waals surface area contributed by atoms with E-state index in [0.717, 1.165) is 5.69 Å². The molecule has 3 heterocycles. The molecule has 0 saturated carbocycles. The molecule has 0 atom stereocenters. The lowest BCUT2D eigenvalue weighted by Gasteiger charge is -2.13. The van der Waals surface area contributed by atoms with Gasteiger partial charge in [-0.1, -0.05) is 97.1 Å². The Morgan fingerprint density at radius 3 is 1.62 bits per heavy atom. The highest BCUT2D eigenvalue weighted by atomic mass is 15.0. The predicted octanol–water partition coefficient (Wildman–Crippen LogP) is 11.7. The van der Waals surface area contributed by atoms with Gasteiger partial charge in [-0.05, 0) is 82.4 Å². The van der Waals surface area contributed by atoms with Crippen LogP contribution in [0.2, 0.25) is 0 Å². The zero-order valence-corrected chi connectivity index (χ0v) is 25.9. The third kappa shape index (κ3) is 3.40. The highest BCUT2D eigenvalue weighted by Crippen LogP contribution is 2.49. The Labute approximate surface area is 276 Å². The molecule has 3 aromatic heterocycles. The van der Waals surface area contributed by atoms with Crippen LogP contribution in [-0.2, 0) is 0 Å². The standard InChI is InChI=1S/C45H27N3/c1-2-10-30(11-3-1)47-40-16-8-6-14-33(40)36-24-28(18-21-42(36)47)29-19-22-43-37(25-29)34-15-7-9-17-41(34)48(43)44-23-20-35-31-12-4-5-13-32(31)38-26-46-27-39(44)45(35)38/h1-27H. The lowest BCUT2D eigenvalue weighted by atomic mass is 10.0. The number of fused-ring (bicyclic) bond motifs is 9. The van der Waals surface area contributed by atoms with Crippen LogP contribution in [0.3, 0.4) is 0 Å². The number of aromatic nitrogens is 3. The van der Waals surface area contributed by atoms with Gasteiger partial charge in [-0.15, -0.1) is 0 Å². The van der Waals surface area contributed by atoms with E-state index in [0.29, 0.717) is 0 Å². The second kappa shape index (κ2) is 9.54. The van der Waals surface area contributed by atoms with Crippen molar-refractivity contribution in [2.24, 2.45) is 0 Å². The van der Waals surface area contributed by atoms with Gasteiger partial charge < -0.3 is 9.13 Å². The first kappa shape index (κ1) is 25.7. The lowest BCUT2D eigenvalue weighted by Crippen LogP contribution is -1.96. The highest BCUT2D eigenvalue weighted by Gasteiger charge is 2.24. The predicted molar refractivity (Wildman–Crippen MR) is 200 cm³/mol. The van der Waals surface area contributed by atoms with Crippen molar-refractivity contribution in [3.8, 4) is 44.8 Å². The first-order valence-corrected chi connectivity index (χ1v) is 16.5. The van der Waals surface area contributed by atoms with Crippen LogP contribution in [0.5, 0.6) is 0 Å². The quantitative estimate of drug-likeness (QED) is 0.195. The summed E-state index contributed by atoms with van der Waals surface area (Å²) in [6, 6.07) is 55.3. The van der Waals surface area contributed by atoms with E-state index in [9.17, 15) is 0 Å². The number of benzene rings is 7. The van der Waals surface area contributed by atoms with Crippen LogP contribution < -0.4 is 0 Å². The average molecular weight is 610 g/mol. The molecule has 0 amide bonds. The van der Waals surface area contributed by atoms with Crippen molar-refractivity contribution >= 4 is 54.4 Å². The van der Waals surface area contributed by atoms with Crippen LogP contribution in [-0.4, -0.2) is 14.1 Å². The smallest absolute Gasteiger partial charge is 0.0556 e. The normalized spacial score (nSPS) is 12.2. The maximum absolute atomic E-state index is 4.75. The van der Waals surface area contributed by atoms with E-state index in [1.165, 1.54) is 93.5 Å². The van der Waals surface area contributed by atoms with E-state index in [1.807, 2.05) is 12.4 Å². The van der Waals surface area contributed by atoms with Gasteiger partial charge in [-0.2, -0.15) is 0 Å². The van der Waals surface area contributed by atoms with Gasteiger partial charge in [0.1, 0.15) is 0 Å². The second-order valence-corrected chi connectivity index (χ2v) is 12.8. The van der Waals surface area contributed by atoms with Crippen molar-refractivity contribution < 1.29 is 0 Å². The van der Waals surface area contributed by atoms with Crippen LogP contribution in [0.4, 0.5) is 0 Å². The minimum absolute atomic E-state index is 1.16. The maximum atomic E-state index is 4.75. The molecule has 1 aliphatic rings. The molecule has 3 nitrogen and oxygen atoms in total. The Kier molecular flexibility index (Phi) is 5.11. The first-order chi connectivity index (χ1) is 23.8. The highest BCUT2D eigenvalue weighted by molar-refractivity contribution is 6.19. The molecule has 3 heteroatoms. The largest absolute Gasteiger partial charge is 0.309 e. The number of hydrogen-bond acceptors (Lipinski definition) is 1.